The predicted molar refractivity (Wildman–Crippen MR) is 54.9 cm³/mol. The lowest BCUT2D eigenvalue weighted by Gasteiger charge is -2.07. The molecule has 4 nitrogen and oxygen atoms in total. The van der Waals surface area contributed by atoms with Gasteiger partial charge in [-0.3, -0.25) is 0 Å². The first-order valence-corrected chi connectivity index (χ1v) is 5.07. The molecule has 0 atom stereocenters. The topological polar surface area (TPSA) is 54.6 Å². The third-order valence-electron chi connectivity index (χ3n) is 2.05. The summed E-state index contributed by atoms with van der Waals surface area (Å²) < 4.78 is 38.6. The summed E-state index contributed by atoms with van der Waals surface area (Å²) in [5.41, 5.74) is -1.08. The second-order valence-corrected chi connectivity index (χ2v) is 4.09. The van der Waals surface area contributed by atoms with Crippen LogP contribution in [-0.4, -0.2) is 20.5 Å². The van der Waals surface area contributed by atoms with Gasteiger partial charge in [0.2, 0.25) is 0 Å². The van der Waals surface area contributed by atoms with Crippen molar-refractivity contribution < 1.29 is 23.1 Å². The monoisotopic (exact) mass is 308 g/mol. The molecule has 0 aliphatic carbocycles. The fraction of sp³-hybridized carbons (Fsp3) is 0.111. The molecule has 0 amide bonds. The quantitative estimate of drug-likeness (QED) is 0.881. The summed E-state index contributed by atoms with van der Waals surface area (Å²) >= 11 is 2.93. The second kappa shape index (κ2) is 3.73. The van der Waals surface area contributed by atoms with E-state index in [9.17, 15) is 18.0 Å². The van der Waals surface area contributed by atoms with Gasteiger partial charge in [-0.15, -0.1) is 0 Å². The SMILES string of the molecule is O=C(O)c1cn2cc(C(F)(F)F)cc(Br)c2n1. The van der Waals surface area contributed by atoms with Crippen LogP contribution in [0.15, 0.2) is 22.9 Å². The summed E-state index contributed by atoms with van der Waals surface area (Å²) in [4.78, 5) is 14.3. The van der Waals surface area contributed by atoms with Crippen molar-refractivity contribution >= 4 is 27.5 Å². The predicted octanol–water partition coefficient (Wildman–Crippen LogP) is 2.81. The van der Waals surface area contributed by atoms with Crippen LogP contribution < -0.4 is 0 Å². The van der Waals surface area contributed by atoms with Crippen LogP contribution in [0.2, 0.25) is 0 Å². The molecule has 0 aliphatic rings. The van der Waals surface area contributed by atoms with Crippen molar-refractivity contribution in [1.29, 1.82) is 0 Å². The minimum atomic E-state index is -4.50. The van der Waals surface area contributed by atoms with Gasteiger partial charge in [0, 0.05) is 12.4 Å². The molecule has 8 heteroatoms. The van der Waals surface area contributed by atoms with Crippen LogP contribution in [-0.2, 0) is 6.18 Å². The van der Waals surface area contributed by atoms with Crippen LogP contribution in [0.4, 0.5) is 13.2 Å². The number of imidazole rings is 1. The summed E-state index contributed by atoms with van der Waals surface area (Å²) in [5, 5.41) is 8.69. The number of nitrogens with zero attached hydrogens (tertiary/aromatic N) is 2. The van der Waals surface area contributed by atoms with E-state index in [1.165, 1.54) is 0 Å². The maximum absolute atomic E-state index is 12.5. The first-order valence-electron chi connectivity index (χ1n) is 4.28. The van der Waals surface area contributed by atoms with Crippen molar-refractivity contribution in [2.24, 2.45) is 0 Å². The van der Waals surface area contributed by atoms with Gasteiger partial charge in [0.15, 0.2) is 11.3 Å². The molecule has 2 aromatic rings. The molecular weight excluding hydrogens is 305 g/mol. The number of carbonyl (C=O) groups is 1. The average Bonchev–Trinajstić information content (AvgIpc) is 2.60. The Morgan fingerprint density at radius 1 is 1.41 bits per heavy atom. The molecule has 0 saturated heterocycles. The van der Waals surface area contributed by atoms with E-state index in [4.69, 9.17) is 5.11 Å². The van der Waals surface area contributed by atoms with Gasteiger partial charge in [-0.1, -0.05) is 0 Å². The van der Waals surface area contributed by atoms with E-state index in [1.807, 2.05) is 0 Å². The lowest BCUT2D eigenvalue weighted by molar-refractivity contribution is -0.137. The maximum Gasteiger partial charge on any atom is 0.417 e. The molecule has 0 spiro atoms. The number of pyridine rings is 1. The van der Waals surface area contributed by atoms with E-state index < -0.39 is 17.7 Å². The number of aromatic carboxylic acids is 1. The van der Waals surface area contributed by atoms with Gasteiger partial charge in [0.05, 0.1) is 10.0 Å². The van der Waals surface area contributed by atoms with Gasteiger partial charge >= 0.3 is 12.1 Å². The van der Waals surface area contributed by atoms with Gasteiger partial charge in [-0.05, 0) is 22.0 Å². The number of fused-ring (bicyclic) bond motifs is 1. The van der Waals surface area contributed by atoms with Gasteiger partial charge in [0.1, 0.15) is 0 Å². The fourth-order valence-corrected chi connectivity index (χ4v) is 1.86. The summed E-state index contributed by atoms with van der Waals surface area (Å²) in [6.07, 6.45) is -2.68. The first kappa shape index (κ1) is 11.9. The highest BCUT2D eigenvalue weighted by atomic mass is 79.9. The summed E-state index contributed by atoms with van der Waals surface area (Å²) in [6.45, 7) is 0. The van der Waals surface area contributed by atoms with Gasteiger partial charge in [-0.2, -0.15) is 13.2 Å². The van der Waals surface area contributed by atoms with Gasteiger partial charge < -0.3 is 9.51 Å². The van der Waals surface area contributed by atoms with Crippen LogP contribution >= 0.6 is 15.9 Å². The number of hydrogen-bond acceptors (Lipinski definition) is 2. The van der Waals surface area contributed by atoms with Crippen LogP contribution in [0.3, 0.4) is 0 Å². The Kier molecular flexibility index (Phi) is 2.61. The molecule has 0 bridgehead atoms. The molecule has 0 fully saturated rings. The standard InChI is InChI=1S/C9H4BrF3N2O2/c10-5-1-4(9(11,12)13)2-15-3-6(8(16)17)14-7(5)15/h1-3H,(H,16,17). The highest BCUT2D eigenvalue weighted by Gasteiger charge is 2.31. The molecule has 2 heterocycles. The third kappa shape index (κ3) is 2.12. The Labute approximate surface area is 101 Å². The molecule has 0 aromatic carbocycles. The summed E-state index contributed by atoms with van der Waals surface area (Å²) in [7, 11) is 0. The van der Waals surface area contributed by atoms with Gasteiger partial charge in [0.25, 0.3) is 0 Å². The molecular formula is C9H4BrF3N2O2. The molecule has 0 radical (unpaired) electrons. The lowest BCUT2D eigenvalue weighted by atomic mass is 10.3. The van der Waals surface area contributed by atoms with E-state index in [0.717, 1.165) is 22.9 Å². The molecule has 90 valence electrons. The molecule has 1 N–H and O–H groups in total. The number of rotatable bonds is 1. The minimum Gasteiger partial charge on any atom is -0.476 e. The van der Waals surface area contributed by atoms with Crippen molar-refractivity contribution in [2.45, 2.75) is 6.18 Å². The number of halogens is 4. The first-order chi connectivity index (χ1) is 7.79. The van der Waals surface area contributed by atoms with Crippen molar-refractivity contribution in [3.63, 3.8) is 0 Å². The van der Waals surface area contributed by atoms with Crippen LogP contribution in [0.5, 0.6) is 0 Å². The third-order valence-corrected chi connectivity index (χ3v) is 2.64. The van der Waals surface area contributed by atoms with Crippen LogP contribution in [0.25, 0.3) is 5.65 Å². The highest BCUT2D eigenvalue weighted by molar-refractivity contribution is 9.10. The smallest absolute Gasteiger partial charge is 0.417 e. The highest BCUT2D eigenvalue weighted by Crippen LogP contribution is 2.32. The summed E-state index contributed by atoms with van der Waals surface area (Å²) in [6, 6.07) is 0.855. The van der Waals surface area contributed by atoms with Gasteiger partial charge in [-0.25, -0.2) is 9.78 Å². The van der Waals surface area contributed by atoms with Crippen molar-refractivity contribution in [3.05, 3.63) is 34.2 Å². The number of carboxylic acid groups (broad SMARTS) is 1. The largest absolute Gasteiger partial charge is 0.476 e. The van der Waals surface area contributed by atoms with E-state index in [0.29, 0.717) is 0 Å². The molecule has 2 aromatic heterocycles. The number of alkyl halides is 3. The molecule has 17 heavy (non-hydrogen) atoms. The zero-order valence-electron chi connectivity index (χ0n) is 7.99. The second-order valence-electron chi connectivity index (χ2n) is 3.24. The fourth-order valence-electron chi connectivity index (χ4n) is 1.31. The minimum absolute atomic E-state index is 0.0832. The Morgan fingerprint density at radius 3 is 2.59 bits per heavy atom. The maximum atomic E-state index is 12.5. The summed E-state index contributed by atoms with van der Waals surface area (Å²) in [5.74, 6) is -1.30. The van der Waals surface area contributed by atoms with Crippen LogP contribution in [0.1, 0.15) is 16.1 Å². The number of aromatic nitrogens is 2. The lowest BCUT2D eigenvalue weighted by Crippen LogP contribution is -2.06. The Morgan fingerprint density at radius 2 is 2.06 bits per heavy atom. The molecule has 0 aliphatic heterocycles. The molecule has 2 rings (SSSR count). The normalized spacial score (nSPS) is 12.0. The Bertz CT molecular complexity index is 606. The van der Waals surface area contributed by atoms with Crippen LogP contribution in [0, 0.1) is 0 Å². The average molecular weight is 309 g/mol. The number of hydrogen-bond donors (Lipinski definition) is 1. The van der Waals surface area contributed by atoms with E-state index in [1.54, 1.807) is 0 Å². The Hall–Kier alpha value is -1.57. The van der Waals surface area contributed by atoms with Crippen molar-refractivity contribution in [3.8, 4) is 0 Å². The number of carboxylic acids is 1. The van der Waals surface area contributed by atoms with E-state index in [2.05, 4.69) is 20.9 Å². The molecule has 0 unspecified atom stereocenters. The van der Waals surface area contributed by atoms with E-state index >= 15 is 0 Å². The zero-order valence-corrected chi connectivity index (χ0v) is 9.58. The Balaban J connectivity index is 2.69. The van der Waals surface area contributed by atoms with Crippen molar-refractivity contribution in [1.82, 2.24) is 9.38 Å². The van der Waals surface area contributed by atoms with Crippen molar-refractivity contribution in [2.75, 3.05) is 0 Å². The van der Waals surface area contributed by atoms with E-state index in [-0.39, 0.29) is 15.8 Å². The molecule has 0 saturated carbocycles. The zero-order chi connectivity index (χ0) is 12.8.